The van der Waals surface area contributed by atoms with Crippen LogP contribution in [0.5, 0.6) is 0 Å². The molecule has 0 radical (unpaired) electrons. The Bertz CT molecular complexity index is 271. The molecule has 0 saturated heterocycles. The quantitative estimate of drug-likeness (QED) is 0.551. The molecule has 1 N–H and O–H groups in total. The molecule has 0 bridgehead atoms. The molecule has 0 atom stereocenters. The van der Waals surface area contributed by atoms with Crippen molar-refractivity contribution in [2.75, 3.05) is 19.7 Å². The van der Waals surface area contributed by atoms with Gasteiger partial charge < -0.3 is 10.0 Å². The highest BCUT2D eigenvalue weighted by atomic mass is 19.4. The molecular weight excluding hydrogens is 235 g/mol. The molecule has 0 rings (SSSR count). The van der Waals surface area contributed by atoms with Gasteiger partial charge in [0.2, 0.25) is 5.91 Å². The minimum atomic E-state index is -4.44. The number of rotatable bonds is 7. The zero-order chi connectivity index (χ0) is 13.3. The van der Waals surface area contributed by atoms with E-state index in [-0.39, 0.29) is 13.0 Å². The number of hydrogen-bond acceptors (Lipinski definition) is 2. The smallest absolute Gasteiger partial charge is 0.395 e. The Labute approximate surface area is 98.6 Å². The Morgan fingerprint density at radius 2 is 2.00 bits per heavy atom. The van der Waals surface area contributed by atoms with Crippen LogP contribution in [0.4, 0.5) is 13.2 Å². The lowest BCUT2D eigenvalue weighted by Crippen LogP contribution is -2.40. The van der Waals surface area contributed by atoms with Gasteiger partial charge in [-0.25, -0.2) is 0 Å². The summed E-state index contributed by atoms with van der Waals surface area (Å²) in [6.07, 6.45) is 2.17. The van der Waals surface area contributed by atoms with Crippen LogP contribution in [0.15, 0.2) is 0 Å². The summed E-state index contributed by atoms with van der Waals surface area (Å²) in [6, 6.07) is 0. The number of unbranched alkanes of at least 4 members (excludes halogenated alkanes) is 2. The molecule has 6 heteroatoms. The Kier molecular flexibility index (Phi) is 7.39. The van der Waals surface area contributed by atoms with Gasteiger partial charge in [0.15, 0.2) is 0 Å². The van der Waals surface area contributed by atoms with Gasteiger partial charge in [0.05, 0.1) is 6.61 Å². The average Bonchev–Trinajstić information content (AvgIpc) is 2.21. The third-order valence-electron chi connectivity index (χ3n) is 2.05. The zero-order valence-electron chi connectivity index (χ0n) is 9.46. The monoisotopic (exact) mass is 251 g/mol. The second-order valence-corrected chi connectivity index (χ2v) is 3.57. The van der Waals surface area contributed by atoms with Gasteiger partial charge in [0, 0.05) is 19.4 Å². The highest BCUT2D eigenvalue weighted by Gasteiger charge is 2.32. The molecule has 0 fully saturated rings. The predicted molar refractivity (Wildman–Crippen MR) is 57.0 cm³/mol. The maximum atomic E-state index is 12.1. The highest BCUT2D eigenvalue weighted by molar-refractivity contribution is 5.76. The van der Waals surface area contributed by atoms with Crippen molar-refractivity contribution in [1.29, 1.82) is 0 Å². The third kappa shape index (κ3) is 8.57. The van der Waals surface area contributed by atoms with Crippen LogP contribution in [0.3, 0.4) is 0 Å². The van der Waals surface area contributed by atoms with E-state index in [9.17, 15) is 18.0 Å². The van der Waals surface area contributed by atoms with Gasteiger partial charge in [-0.05, 0) is 12.8 Å². The van der Waals surface area contributed by atoms with Gasteiger partial charge in [-0.15, -0.1) is 12.3 Å². The average molecular weight is 251 g/mol. The van der Waals surface area contributed by atoms with E-state index in [1.807, 2.05) is 0 Å². The van der Waals surface area contributed by atoms with E-state index < -0.39 is 25.2 Å². The predicted octanol–water partition coefficient (Wildman–Crippen LogP) is 1.56. The second-order valence-electron chi connectivity index (χ2n) is 3.57. The SMILES string of the molecule is C#CCCCCC(=O)N(CCO)CC(F)(F)F. The minimum absolute atomic E-state index is 0.0256. The number of aliphatic hydroxyl groups excluding tert-OH is 1. The molecule has 0 aromatic rings. The molecule has 0 heterocycles. The van der Waals surface area contributed by atoms with Gasteiger partial charge in [0.25, 0.3) is 0 Å². The Hall–Kier alpha value is -1.22. The number of hydrogen-bond donors (Lipinski definition) is 1. The van der Waals surface area contributed by atoms with Crippen LogP contribution < -0.4 is 0 Å². The molecule has 98 valence electrons. The summed E-state index contributed by atoms with van der Waals surface area (Å²) in [4.78, 5) is 12.1. The Morgan fingerprint density at radius 1 is 1.35 bits per heavy atom. The van der Waals surface area contributed by atoms with Gasteiger partial charge in [-0.1, -0.05) is 0 Å². The number of nitrogens with zero attached hydrogens (tertiary/aromatic N) is 1. The topological polar surface area (TPSA) is 40.5 Å². The molecule has 1 amide bonds. The molecule has 0 saturated carbocycles. The lowest BCUT2D eigenvalue weighted by Gasteiger charge is -2.23. The summed E-state index contributed by atoms with van der Waals surface area (Å²) in [6.45, 7) is -2.10. The van der Waals surface area contributed by atoms with Crippen molar-refractivity contribution in [3.05, 3.63) is 0 Å². The zero-order valence-corrected chi connectivity index (χ0v) is 9.46. The largest absolute Gasteiger partial charge is 0.406 e. The van der Waals surface area contributed by atoms with Gasteiger partial charge in [-0.3, -0.25) is 4.79 Å². The fourth-order valence-corrected chi connectivity index (χ4v) is 1.29. The molecule has 0 spiro atoms. The van der Waals surface area contributed by atoms with Crippen molar-refractivity contribution >= 4 is 5.91 Å². The van der Waals surface area contributed by atoms with E-state index in [1.165, 1.54) is 0 Å². The molecule has 3 nitrogen and oxygen atoms in total. The third-order valence-corrected chi connectivity index (χ3v) is 2.05. The van der Waals surface area contributed by atoms with Crippen LogP contribution in [0.2, 0.25) is 0 Å². The number of alkyl halides is 3. The molecule has 0 aliphatic carbocycles. The Balaban J connectivity index is 4.11. The van der Waals surface area contributed by atoms with Crippen molar-refractivity contribution in [2.45, 2.75) is 31.9 Å². The molecule has 17 heavy (non-hydrogen) atoms. The maximum Gasteiger partial charge on any atom is 0.406 e. The fourth-order valence-electron chi connectivity index (χ4n) is 1.29. The first-order valence-electron chi connectivity index (χ1n) is 5.29. The molecule has 0 unspecified atom stereocenters. The summed E-state index contributed by atoms with van der Waals surface area (Å²) < 4.78 is 36.4. The highest BCUT2D eigenvalue weighted by Crippen LogP contribution is 2.17. The number of terminal acetylenes is 1. The summed E-state index contributed by atoms with van der Waals surface area (Å²) in [5.74, 6) is 1.79. The van der Waals surface area contributed by atoms with E-state index in [2.05, 4.69) is 5.92 Å². The molecule has 0 aromatic heterocycles. The van der Waals surface area contributed by atoms with E-state index in [1.54, 1.807) is 0 Å². The Morgan fingerprint density at radius 3 is 2.47 bits per heavy atom. The fraction of sp³-hybridized carbons (Fsp3) is 0.727. The van der Waals surface area contributed by atoms with Crippen LogP contribution >= 0.6 is 0 Å². The molecule has 0 aliphatic rings. The van der Waals surface area contributed by atoms with Gasteiger partial charge in [0.1, 0.15) is 6.54 Å². The van der Waals surface area contributed by atoms with Crippen LogP contribution in [-0.4, -0.2) is 41.8 Å². The summed E-state index contributed by atoms with van der Waals surface area (Å²) in [5, 5.41) is 8.60. The summed E-state index contributed by atoms with van der Waals surface area (Å²) in [7, 11) is 0. The van der Waals surface area contributed by atoms with Crippen molar-refractivity contribution in [3.8, 4) is 12.3 Å². The van der Waals surface area contributed by atoms with Crippen LogP contribution in [0, 0.1) is 12.3 Å². The normalized spacial score (nSPS) is 11.0. The number of amides is 1. The number of halogens is 3. The van der Waals surface area contributed by atoms with Crippen molar-refractivity contribution in [2.24, 2.45) is 0 Å². The van der Waals surface area contributed by atoms with E-state index in [0.717, 1.165) is 0 Å². The molecule has 0 aromatic carbocycles. The summed E-state index contributed by atoms with van der Waals surface area (Å²) >= 11 is 0. The first-order chi connectivity index (χ1) is 7.90. The lowest BCUT2D eigenvalue weighted by molar-refractivity contribution is -0.162. The molecular formula is C11H16F3NO2. The van der Waals surface area contributed by atoms with Gasteiger partial charge in [-0.2, -0.15) is 13.2 Å². The van der Waals surface area contributed by atoms with E-state index >= 15 is 0 Å². The second kappa shape index (κ2) is 7.96. The van der Waals surface area contributed by atoms with Crippen LogP contribution in [0.1, 0.15) is 25.7 Å². The van der Waals surface area contributed by atoms with E-state index in [0.29, 0.717) is 24.2 Å². The lowest BCUT2D eigenvalue weighted by atomic mass is 10.2. The van der Waals surface area contributed by atoms with Crippen molar-refractivity contribution in [3.63, 3.8) is 0 Å². The van der Waals surface area contributed by atoms with Crippen LogP contribution in [-0.2, 0) is 4.79 Å². The first kappa shape index (κ1) is 15.8. The van der Waals surface area contributed by atoms with Crippen molar-refractivity contribution < 1.29 is 23.1 Å². The maximum absolute atomic E-state index is 12.1. The number of carbonyl (C=O) groups is 1. The van der Waals surface area contributed by atoms with E-state index in [4.69, 9.17) is 11.5 Å². The van der Waals surface area contributed by atoms with Crippen molar-refractivity contribution in [1.82, 2.24) is 4.90 Å². The number of aliphatic hydroxyl groups is 1. The van der Waals surface area contributed by atoms with Crippen LogP contribution in [0.25, 0.3) is 0 Å². The summed E-state index contributed by atoms with van der Waals surface area (Å²) in [5.41, 5.74) is 0. The van der Waals surface area contributed by atoms with Gasteiger partial charge >= 0.3 is 6.18 Å². The first-order valence-corrected chi connectivity index (χ1v) is 5.29. The molecule has 0 aliphatic heterocycles. The standard InChI is InChI=1S/C11H16F3NO2/c1-2-3-4-5-6-10(17)15(7-8-16)9-11(12,13)14/h1,16H,3-9H2. The number of carbonyl (C=O) groups excluding carboxylic acids is 1. The minimum Gasteiger partial charge on any atom is -0.395 e.